The summed E-state index contributed by atoms with van der Waals surface area (Å²) in [5, 5.41) is 31.4. The van der Waals surface area contributed by atoms with Gasteiger partial charge in [0.05, 0.1) is 12.2 Å². The number of carbonyl (C=O) groups is 1. The molecular weight excluding hydrogens is 510 g/mol. The number of allylic oxidation sites excluding steroid dienone is 3. The molecule has 3 aliphatic carbocycles. The van der Waals surface area contributed by atoms with E-state index in [1.807, 2.05) is 11.0 Å². The molecule has 1 aromatic rings. The molecule has 5 heteroatoms. The van der Waals surface area contributed by atoms with Crippen molar-refractivity contribution >= 4 is 5.91 Å². The molecule has 5 nitrogen and oxygen atoms in total. The Labute approximate surface area is 247 Å². The van der Waals surface area contributed by atoms with E-state index in [2.05, 4.69) is 56.8 Å². The number of nitrogens with zero attached hydrogens (tertiary/aromatic N) is 1. The van der Waals surface area contributed by atoms with Gasteiger partial charge in [0.1, 0.15) is 5.60 Å². The fraction of sp³-hybridized carbons (Fsp3) is 0.639. The molecule has 4 fully saturated rings. The first-order valence-electron chi connectivity index (χ1n) is 16.0. The molecule has 3 saturated carbocycles. The second-order valence-corrected chi connectivity index (χ2v) is 14.1. The maximum Gasteiger partial charge on any atom is 0.254 e. The molecule has 1 saturated heterocycles. The zero-order valence-corrected chi connectivity index (χ0v) is 25.4. The van der Waals surface area contributed by atoms with E-state index in [9.17, 15) is 20.1 Å². The predicted octanol–water partition coefficient (Wildman–Crippen LogP) is 6.14. The number of carbonyl (C=O) groups excluding carboxylic acids is 1. The van der Waals surface area contributed by atoms with Crippen molar-refractivity contribution in [1.29, 1.82) is 0 Å². The average Bonchev–Trinajstić information content (AvgIpc) is 3.39. The smallest absolute Gasteiger partial charge is 0.254 e. The number of aliphatic hydroxyl groups is 3. The van der Waals surface area contributed by atoms with E-state index >= 15 is 0 Å². The van der Waals surface area contributed by atoms with Gasteiger partial charge in [-0.05, 0) is 105 Å². The molecule has 8 atom stereocenters. The molecule has 0 aromatic heterocycles. The first-order valence-corrected chi connectivity index (χ1v) is 16.0. The first kappa shape index (κ1) is 30.3. The van der Waals surface area contributed by atoms with Gasteiger partial charge in [-0.15, -0.1) is 0 Å². The summed E-state index contributed by atoms with van der Waals surface area (Å²) < 4.78 is 0. The van der Waals surface area contributed by atoms with Gasteiger partial charge in [0.2, 0.25) is 0 Å². The van der Waals surface area contributed by atoms with Gasteiger partial charge in [-0.2, -0.15) is 0 Å². The second-order valence-electron chi connectivity index (χ2n) is 14.1. The molecule has 1 aliphatic heterocycles. The maximum atomic E-state index is 13.2. The average molecular weight is 562 g/mol. The highest BCUT2D eigenvalue weighted by Crippen LogP contribution is 2.60. The third kappa shape index (κ3) is 6.28. The monoisotopic (exact) mass is 561 g/mol. The Balaban J connectivity index is 1.26. The van der Waals surface area contributed by atoms with Gasteiger partial charge in [0.15, 0.2) is 0 Å². The van der Waals surface area contributed by atoms with Crippen molar-refractivity contribution in [3.63, 3.8) is 0 Å². The number of amides is 1. The summed E-state index contributed by atoms with van der Waals surface area (Å²) in [6.07, 6.45) is 13.4. The molecule has 4 aliphatic rings. The zero-order chi connectivity index (χ0) is 29.4. The van der Waals surface area contributed by atoms with Crippen LogP contribution >= 0.6 is 0 Å². The summed E-state index contributed by atoms with van der Waals surface area (Å²) in [5.41, 5.74) is 3.48. The largest absolute Gasteiger partial charge is 0.393 e. The van der Waals surface area contributed by atoms with Crippen molar-refractivity contribution < 1.29 is 20.1 Å². The molecule has 1 heterocycles. The Morgan fingerprint density at radius 1 is 1.15 bits per heavy atom. The molecule has 0 spiro atoms. The van der Waals surface area contributed by atoms with Crippen LogP contribution in [0.3, 0.4) is 0 Å². The van der Waals surface area contributed by atoms with Crippen LogP contribution in [0.1, 0.15) is 90.5 Å². The van der Waals surface area contributed by atoms with Crippen LogP contribution in [-0.4, -0.2) is 56.5 Å². The van der Waals surface area contributed by atoms with Gasteiger partial charge >= 0.3 is 0 Å². The summed E-state index contributed by atoms with van der Waals surface area (Å²) in [5.74, 6) is 1.50. The number of hydrogen-bond donors (Lipinski definition) is 3. The topological polar surface area (TPSA) is 81.0 Å². The lowest BCUT2D eigenvalue weighted by atomic mass is 9.60. The quantitative estimate of drug-likeness (QED) is 0.356. The molecular formula is C36H51NO4. The highest BCUT2D eigenvalue weighted by molar-refractivity contribution is 5.87. The Kier molecular flexibility index (Phi) is 8.99. The number of benzene rings is 1. The highest BCUT2D eigenvalue weighted by atomic mass is 16.3. The lowest BCUT2D eigenvalue weighted by molar-refractivity contribution is -0.142. The highest BCUT2D eigenvalue weighted by Gasteiger charge is 2.53. The predicted molar refractivity (Wildman–Crippen MR) is 164 cm³/mol. The molecule has 1 amide bonds. The third-order valence-corrected chi connectivity index (χ3v) is 11.1. The fourth-order valence-electron chi connectivity index (χ4n) is 9.00. The van der Waals surface area contributed by atoms with Gasteiger partial charge in [-0.1, -0.05) is 68.5 Å². The van der Waals surface area contributed by atoms with E-state index in [0.29, 0.717) is 43.6 Å². The number of aliphatic hydroxyl groups excluding tert-OH is 2. The van der Waals surface area contributed by atoms with Crippen LogP contribution in [-0.2, 0) is 11.2 Å². The Hall–Kier alpha value is -2.21. The van der Waals surface area contributed by atoms with E-state index in [1.165, 1.54) is 36.8 Å². The molecule has 5 rings (SSSR count). The summed E-state index contributed by atoms with van der Waals surface area (Å²) in [6.45, 7) is 11.4. The van der Waals surface area contributed by atoms with Gasteiger partial charge in [-0.25, -0.2) is 0 Å². The lowest BCUT2D eigenvalue weighted by Gasteiger charge is -2.45. The van der Waals surface area contributed by atoms with Crippen LogP contribution in [0.15, 0.2) is 65.8 Å². The van der Waals surface area contributed by atoms with Crippen molar-refractivity contribution in [1.82, 2.24) is 4.90 Å². The van der Waals surface area contributed by atoms with E-state index in [1.54, 1.807) is 6.92 Å². The minimum Gasteiger partial charge on any atom is -0.393 e. The van der Waals surface area contributed by atoms with Gasteiger partial charge in [-0.3, -0.25) is 4.79 Å². The SMILES string of the molecule is C=C1/C(=C\C=C2/CCC[C@]3(C)[C@@H]([C@H](C)CC4CC(C)(O)C(=O)N4CCCc4ccccc4)CC[C@@H]23)C[C@@H](O)C[C@@H]1O. The van der Waals surface area contributed by atoms with Crippen molar-refractivity contribution in [2.75, 3.05) is 6.54 Å². The van der Waals surface area contributed by atoms with Crippen molar-refractivity contribution in [3.05, 3.63) is 71.3 Å². The van der Waals surface area contributed by atoms with Crippen molar-refractivity contribution in [2.45, 2.75) is 115 Å². The summed E-state index contributed by atoms with van der Waals surface area (Å²) >= 11 is 0. The summed E-state index contributed by atoms with van der Waals surface area (Å²) in [7, 11) is 0. The lowest BCUT2D eigenvalue weighted by Crippen LogP contribution is -2.41. The van der Waals surface area contributed by atoms with E-state index < -0.39 is 17.8 Å². The summed E-state index contributed by atoms with van der Waals surface area (Å²) in [6, 6.07) is 10.5. The molecule has 2 unspecified atom stereocenters. The standard InChI is InChI=1S/C36H51NO4/c1-24(20-29-23-36(4,41)34(40)37(29)19-9-12-26-10-6-5-7-11-26)31-16-17-32-27(13-8-18-35(31,32)3)14-15-28-21-30(38)22-33(39)25(28)2/h5-7,10-11,14-15,24,29-33,38-39,41H,2,8-9,12-13,16-23H2,1,3-4H3/b27-14+,28-15-/t24-,29?,30-,31-,32+,33+,35-,36?/m1/s1. The van der Waals surface area contributed by atoms with Gasteiger partial charge < -0.3 is 20.2 Å². The molecule has 224 valence electrons. The van der Waals surface area contributed by atoms with Crippen LogP contribution < -0.4 is 0 Å². The first-order chi connectivity index (χ1) is 19.5. The van der Waals surface area contributed by atoms with Crippen LogP contribution in [0.25, 0.3) is 0 Å². The fourth-order valence-corrected chi connectivity index (χ4v) is 9.00. The molecule has 0 bridgehead atoms. The van der Waals surface area contributed by atoms with Crippen LogP contribution in [0.4, 0.5) is 0 Å². The zero-order valence-electron chi connectivity index (χ0n) is 25.4. The minimum absolute atomic E-state index is 0.0874. The van der Waals surface area contributed by atoms with E-state index in [4.69, 9.17) is 0 Å². The van der Waals surface area contributed by atoms with Crippen LogP contribution in [0.5, 0.6) is 0 Å². The van der Waals surface area contributed by atoms with E-state index in [-0.39, 0.29) is 17.4 Å². The Morgan fingerprint density at radius 3 is 2.66 bits per heavy atom. The van der Waals surface area contributed by atoms with Crippen LogP contribution in [0, 0.1) is 23.2 Å². The number of hydrogen-bond acceptors (Lipinski definition) is 4. The second kappa shape index (κ2) is 12.2. The number of fused-ring (bicyclic) bond motifs is 1. The Bertz CT molecular complexity index is 1170. The molecule has 1 aromatic carbocycles. The summed E-state index contributed by atoms with van der Waals surface area (Å²) in [4.78, 5) is 15.2. The van der Waals surface area contributed by atoms with Crippen LogP contribution in [0.2, 0.25) is 0 Å². The molecule has 0 radical (unpaired) electrons. The van der Waals surface area contributed by atoms with Crippen molar-refractivity contribution in [2.24, 2.45) is 23.2 Å². The molecule has 41 heavy (non-hydrogen) atoms. The van der Waals surface area contributed by atoms with E-state index in [0.717, 1.165) is 36.8 Å². The number of aryl methyl sites for hydroxylation is 1. The minimum atomic E-state index is -1.27. The number of rotatable bonds is 8. The van der Waals surface area contributed by atoms with Gasteiger partial charge in [0.25, 0.3) is 5.91 Å². The molecule has 3 N–H and O–H groups in total. The van der Waals surface area contributed by atoms with Crippen molar-refractivity contribution in [3.8, 4) is 0 Å². The normalized spacial score (nSPS) is 38.6. The Morgan fingerprint density at radius 2 is 1.90 bits per heavy atom. The van der Waals surface area contributed by atoms with Gasteiger partial charge in [0, 0.05) is 25.4 Å². The third-order valence-electron chi connectivity index (χ3n) is 11.1. The maximum absolute atomic E-state index is 13.2. The number of likely N-dealkylation sites (tertiary alicyclic amines) is 1.